The molecule has 1 N–H and O–H groups in total. The van der Waals surface area contributed by atoms with E-state index in [9.17, 15) is 4.79 Å². The minimum absolute atomic E-state index is 0.121. The second-order valence-electron chi connectivity index (χ2n) is 7.85. The van der Waals surface area contributed by atoms with Gasteiger partial charge in [0.2, 0.25) is 5.91 Å². The third-order valence-corrected chi connectivity index (χ3v) is 8.90. The summed E-state index contributed by atoms with van der Waals surface area (Å²) in [6, 6.07) is 7.94. The lowest BCUT2D eigenvalue weighted by molar-refractivity contribution is -0.113. The van der Waals surface area contributed by atoms with Crippen LogP contribution in [0.3, 0.4) is 0 Å². The van der Waals surface area contributed by atoms with Gasteiger partial charge in [-0.05, 0) is 43.4 Å². The van der Waals surface area contributed by atoms with Crippen LogP contribution in [0.2, 0.25) is 0 Å². The van der Waals surface area contributed by atoms with Crippen LogP contribution in [0.1, 0.15) is 23.3 Å². The van der Waals surface area contributed by atoms with Crippen LogP contribution < -0.4 is 5.32 Å². The number of hydrogen-bond acceptors (Lipinski definition) is 7. The SMILES string of the molecule is C=CCn1c(SCC(=O)Nc2nc(-c3ccc(Br)cc3)cs2)nnc1-c1csc2c1CCCC2. The summed E-state index contributed by atoms with van der Waals surface area (Å²) in [5.41, 5.74) is 4.44. The molecule has 5 rings (SSSR count). The summed E-state index contributed by atoms with van der Waals surface area (Å²) in [6.07, 6.45) is 6.56. The molecule has 34 heavy (non-hydrogen) atoms. The van der Waals surface area contributed by atoms with Gasteiger partial charge in [0.05, 0.1) is 11.4 Å². The summed E-state index contributed by atoms with van der Waals surface area (Å²) in [6.45, 7) is 4.50. The molecule has 0 radical (unpaired) electrons. The molecule has 0 atom stereocenters. The number of rotatable bonds is 8. The van der Waals surface area contributed by atoms with Crippen molar-refractivity contribution in [2.24, 2.45) is 0 Å². The van der Waals surface area contributed by atoms with Gasteiger partial charge in [0.25, 0.3) is 0 Å². The highest BCUT2D eigenvalue weighted by Crippen LogP contribution is 2.37. The molecule has 1 amide bonds. The number of thioether (sulfide) groups is 1. The summed E-state index contributed by atoms with van der Waals surface area (Å²) >= 11 is 8.06. The Balaban J connectivity index is 1.26. The fraction of sp³-hybridized carbons (Fsp3) is 0.250. The van der Waals surface area contributed by atoms with Crippen LogP contribution in [0.4, 0.5) is 5.13 Å². The van der Waals surface area contributed by atoms with Crippen molar-refractivity contribution >= 4 is 61.4 Å². The van der Waals surface area contributed by atoms with Crippen molar-refractivity contribution in [1.82, 2.24) is 19.7 Å². The summed E-state index contributed by atoms with van der Waals surface area (Å²) < 4.78 is 3.07. The van der Waals surface area contributed by atoms with E-state index in [4.69, 9.17) is 0 Å². The summed E-state index contributed by atoms with van der Waals surface area (Å²) in [7, 11) is 0. The number of aromatic nitrogens is 4. The van der Waals surface area contributed by atoms with E-state index >= 15 is 0 Å². The molecule has 10 heteroatoms. The first kappa shape index (κ1) is 23.5. The lowest BCUT2D eigenvalue weighted by Crippen LogP contribution is -2.14. The topological polar surface area (TPSA) is 72.7 Å². The molecular weight excluding hydrogens is 550 g/mol. The quantitative estimate of drug-likeness (QED) is 0.188. The highest BCUT2D eigenvalue weighted by Gasteiger charge is 2.22. The molecule has 6 nitrogen and oxygen atoms in total. The smallest absolute Gasteiger partial charge is 0.236 e. The van der Waals surface area contributed by atoms with Gasteiger partial charge in [0, 0.05) is 37.8 Å². The number of benzene rings is 1. The molecule has 0 saturated carbocycles. The molecule has 0 fully saturated rings. The van der Waals surface area contributed by atoms with Gasteiger partial charge >= 0.3 is 0 Å². The van der Waals surface area contributed by atoms with Crippen LogP contribution in [-0.4, -0.2) is 31.4 Å². The van der Waals surface area contributed by atoms with Crippen LogP contribution in [0.25, 0.3) is 22.6 Å². The molecule has 3 heterocycles. The lowest BCUT2D eigenvalue weighted by atomic mass is 9.95. The molecule has 0 unspecified atom stereocenters. The van der Waals surface area contributed by atoms with E-state index in [2.05, 4.69) is 53.0 Å². The summed E-state index contributed by atoms with van der Waals surface area (Å²) in [5, 5.41) is 17.3. The van der Waals surface area contributed by atoms with Crippen LogP contribution in [-0.2, 0) is 24.2 Å². The number of anilines is 1. The number of halogens is 1. The second-order valence-corrected chi connectivity index (χ2v) is 11.5. The largest absolute Gasteiger partial charge is 0.301 e. The van der Waals surface area contributed by atoms with Gasteiger partial charge in [-0.25, -0.2) is 4.98 Å². The van der Waals surface area contributed by atoms with Crippen molar-refractivity contribution in [3.05, 3.63) is 62.6 Å². The van der Waals surface area contributed by atoms with Crippen LogP contribution in [0, 0.1) is 0 Å². The number of carbonyl (C=O) groups is 1. The maximum absolute atomic E-state index is 12.6. The summed E-state index contributed by atoms with van der Waals surface area (Å²) in [5.74, 6) is 0.968. The lowest BCUT2D eigenvalue weighted by Gasteiger charge is -2.13. The number of amides is 1. The third kappa shape index (κ3) is 5.05. The molecule has 0 saturated heterocycles. The zero-order valence-electron chi connectivity index (χ0n) is 18.3. The van der Waals surface area contributed by atoms with E-state index in [0.717, 1.165) is 39.6 Å². The van der Waals surface area contributed by atoms with Gasteiger partial charge in [-0.3, -0.25) is 9.36 Å². The minimum atomic E-state index is -0.121. The zero-order valence-corrected chi connectivity index (χ0v) is 22.3. The molecule has 3 aromatic heterocycles. The Labute approximate surface area is 218 Å². The highest BCUT2D eigenvalue weighted by molar-refractivity contribution is 9.10. The predicted octanol–water partition coefficient (Wildman–Crippen LogP) is 6.69. The third-order valence-electron chi connectivity index (χ3n) is 5.55. The monoisotopic (exact) mass is 571 g/mol. The highest BCUT2D eigenvalue weighted by atomic mass is 79.9. The molecule has 0 spiro atoms. The average molecular weight is 573 g/mol. The molecule has 1 aliphatic rings. The fourth-order valence-electron chi connectivity index (χ4n) is 3.94. The van der Waals surface area contributed by atoms with Gasteiger partial charge in [-0.1, -0.05) is 45.9 Å². The van der Waals surface area contributed by atoms with Crippen LogP contribution in [0.15, 0.2) is 57.3 Å². The maximum atomic E-state index is 12.6. The Hall–Kier alpha value is -2.27. The van der Waals surface area contributed by atoms with E-state index in [0.29, 0.717) is 11.7 Å². The van der Waals surface area contributed by atoms with Crippen molar-refractivity contribution in [3.8, 4) is 22.6 Å². The number of carbonyl (C=O) groups excluding carboxylic acids is 1. The van der Waals surface area contributed by atoms with Crippen molar-refractivity contribution in [1.29, 1.82) is 0 Å². The maximum Gasteiger partial charge on any atom is 0.236 e. The van der Waals surface area contributed by atoms with Crippen LogP contribution >= 0.6 is 50.4 Å². The molecular formula is C24H22BrN5OS3. The standard InChI is InChI=1S/C24H22BrN5OS3/c1-2-11-30-22(18-12-32-20-6-4-3-5-17(18)20)28-29-24(30)34-14-21(31)27-23-26-19(13-33-23)15-7-9-16(25)10-8-15/h2,7-10,12-13H,1,3-6,11,14H2,(H,26,27,31). The van der Waals surface area contributed by atoms with Crippen molar-refractivity contribution in [3.63, 3.8) is 0 Å². The fourth-order valence-corrected chi connectivity index (χ4v) is 6.81. The van der Waals surface area contributed by atoms with Gasteiger partial charge in [0.1, 0.15) is 0 Å². The van der Waals surface area contributed by atoms with E-state index in [1.807, 2.05) is 47.1 Å². The number of aryl methyl sites for hydroxylation is 1. The Bertz CT molecular complexity index is 1320. The van der Waals surface area contributed by atoms with Gasteiger partial charge in [0.15, 0.2) is 16.1 Å². The molecule has 4 aromatic rings. The number of allylic oxidation sites excluding steroid dienone is 1. The predicted molar refractivity (Wildman–Crippen MR) is 145 cm³/mol. The van der Waals surface area contributed by atoms with Crippen molar-refractivity contribution in [2.45, 2.75) is 37.4 Å². The van der Waals surface area contributed by atoms with Gasteiger partial charge in [-0.2, -0.15) is 0 Å². The molecule has 1 aromatic carbocycles. The zero-order chi connectivity index (χ0) is 23.5. The Morgan fingerprint density at radius 1 is 1.18 bits per heavy atom. The number of nitrogens with one attached hydrogen (secondary N) is 1. The van der Waals surface area contributed by atoms with E-state index in [1.54, 1.807) is 0 Å². The normalized spacial score (nSPS) is 13.0. The second kappa shape index (κ2) is 10.6. The summed E-state index contributed by atoms with van der Waals surface area (Å²) in [4.78, 5) is 18.6. The van der Waals surface area contributed by atoms with E-state index < -0.39 is 0 Å². The number of thiazole rings is 1. The van der Waals surface area contributed by atoms with Crippen LogP contribution in [0.5, 0.6) is 0 Å². The Morgan fingerprint density at radius 2 is 2.00 bits per heavy atom. The Morgan fingerprint density at radius 3 is 2.82 bits per heavy atom. The number of nitrogens with zero attached hydrogens (tertiary/aromatic N) is 4. The van der Waals surface area contributed by atoms with Gasteiger partial charge in [-0.15, -0.1) is 39.4 Å². The van der Waals surface area contributed by atoms with Gasteiger partial charge < -0.3 is 5.32 Å². The first-order valence-electron chi connectivity index (χ1n) is 10.9. The van der Waals surface area contributed by atoms with E-state index in [1.165, 1.54) is 51.9 Å². The van der Waals surface area contributed by atoms with Crippen molar-refractivity contribution in [2.75, 3.05) is 11.1 Å². The minimum Gasteiger partial charge on any atom is -0.301 e. The molecule has 0 bridgehead atoms. The average Bonchev–Trinajstić information content (AvgIpc) is 3.57. The number of fused-ring (bicyclic) bond motifs is 1. The first-order chi connectivity index (χ1) is 16.6. The first-order valence-corrected chi connectivity index (χ1v) is 14.4. The number of thiophene rings is 1. The Kier molecular flexibility index (Phi) is 7.29. The molecule has 1 aliphatic carbocycles. The molecule has 174 valence electrons. The van der Waals surface area contributed by atoms with Crippen molar-refractivity contribution < 1.29 is 4.79 Å². The number of hydrogen-bond donors (Lipinski definition) is 1. The van der Waals surface area contributed by atoms with E-state index in [-0.39, 0.29) is 11.7 Å². The molecule has 0 aliphatic heterocycles.